The number of para-hydroxylation sites is 1. The predicted molar refractivity (Wildman–Crippen MR) is 123 cm³/mol. The molecule has 0 aliphatic carbocycles. The van der Waals surface area contributed by atoms with Crippen LogP contribution in [0.2, 0.25) is 10.0 Å². The molecule has 0 unspecified atom stereocenters. The predicted octanol–water partition coefficient (Wildman–Crippen LogP) is 6.88. The fraction of sp³-hybridized carbons (Fsp3) is 0. The number of benzene rings is 3. The lowest BCUT2D eigenvalue weighted by molar-refractivity contribution is 0.618. The number of aromatic nitrogens is 1. The Bertz CT molecular complexity index is 1440. The quantitative estimate of drug-likeness (QED) is 0.316. The van der Waals surface area contributed by atoms with Crippen LogP contribution < -0.4 is 10.8 Å². The Morgan fingerprint density at radius 2 is 1.60 bits per heavy atom. The molecule has 0 aliphatic rings. The highest BCUT2D eigenvalue weighted by atomic mass is 35.5. The molecule has 0 radical (unpaired) electrons. The number of nitrogens with one attached hydrogen (secondary N) is 1. The van der Waals surface area contributed by atoms with Gasteiger partial charge in [-0.2, -0.15) is 5.10 Å². The van der Waals surface area contributed by atoms with Gasteiger partial charge in [0.15, 0.2) is 0 Å². The van der Waals surface area contributed by atoms with Gasteiger partial charge in [-0.3, -0.25) is 5.43 Å². The maximum absolute atomic E-state index is 6.22. The molecule has 2 aromatic heterocycles. The summed E-state index contributed by atoms with van der Waals surface area (Å²) in [6.45, 7) is 0. The molecular formula is C24H15Cl2N3O. The van der Waals surface area contributed by atoms with Gasteiger partial charge in [0.2, 0.25) is 0 Å². The van der Waals surface area contributed by atoms with Crippen molar-refractivity contribution >= 4 is 50.9 Å². The number of pyridine rings is 1. The standard InChI is InChI=1S/C24H15Cl2N3O/c25-17-8-5-16(6-9-17)23-14-21(19-13-18(26)10-11-22(19)30-23)28-29-24-12-7-15-3-1-2-4-20(15)27-24/h1-14H,(H,27,29)/b28-21+. The van der Waals surface area contributed by atoms with Gasteiger partial charge < -0.3 is 4.42 Å². The van der Waals surface area contributed by atoms with Crippen molar-refractivity contribution in [3.63, 3.8) is 0 Å². The summed E-state index contributed by atoms with van der Waals surface area (Å²) >= 11 is 12.2. The average molecular weight is 432 g/mol. The van der Waals surface area contributed by atoms with Crippen molar-refractivity contribution in [1.82, 2.24) is 4.98 Å². The second-order valence-corrected chi connectivity index (χ2v) is 7.63. The van der Waals surface area contributed by atoms with Crippen molar-refractivity contribution in [2.24, 2.45) is 5.10 Å². The van der Waals surface area contributed by atoms with Crippen LogP contribution in [-0.2, 0) is 0 Å². The van der Waals surface area contributed by atoms with E-state index >= 15 is 0 Å². The average Bonchev–Trinajstić information content (AvgIpc) is 2.78. The topological polar surface area (TPSA) is 50.4 Å². The molecule has 0 saturated heterocycles. The van der Waals surface area contributed by atoms with E-state index in [4.69, 9.17) is 27.6 Å². The monoisotopic (exact) mass is 431 g/mol. The van der Waals surface area contributed by atoms with Gasteiger partial charge in [0, 0.05) is 32.4 Å². The van der Waals surface area contributed by atoms with Gasteiger partial charge in [0.05, 0.1) is 10.9 Å². The van der Waals surface area contributed by atoms with Crippen LogP contribution in [0, 0.1) is 0 Å². The van der Waals surface area contributed by atoms with Gasteiger partial charge in [-0.15, -0.1) is 0 Å². The summed E-state index contributed by atoms with van der Waals surface area (Å²) in [4.78, 5) is 4.61. The highest BCUT2D eigenvalue weighted by molar-refractivity contribution is 6.31. The van der Waals surface area contributed by atoms with E-state index in [1.54, 1.807) is 6.07 Å². The van der Waals surface area contributed by atoms with Crippen LogP contribution in [0.3, 0.4) is 0 Å². The molecule has 3 aromatic carbocycles. The second kappa shape index (κ2) is 7.82. The Hall–Kier alpha value is -3.34. The zero-order chi connectivity index (χ0) is 20.5. The van der Waals surface area contributed by atoms with E-state index in [0.717, 1.165) is 21.9 Å². The normalized spacial score (nSPS) is 11.9. The molecule has 6 heteroatoms. The summed E-state index contributed by atoms with van der Waals surface area (Å²) in [6, 6.07) is 26.7. The van der Waals surface area contributed by atoms with Gasteiger partial charge in [0.1, 0.15) is 17.2 Å². The third kappa shape index (κ3) is 3.75. The fourth-order valence-corrected chi connectivity index (χ4v) is 3.53. The Kier molecular flexibility index (Phi) is 4.87. The molecule has 146 valence electrons. The molecule has 2 heterocycles. The number of hydrogen-bond donors (Lipinski definition) is 1. The lowest BCUT2D eigenvalue weighted by Gasteiger charge is -2.06. The van der Waals surface area contributed by atoms with Gasteiger partial charge in [0.25, 0.3) is 0 Å². The summed E-state index contributed by atoms with van der Waals surface area (Å²) < 4.78 is 6.09. The smallest absolute Gasteiger partial charge is 0.146 e. The minimum absolute atomic E-state index is 0.609. The van der Waals surface area contributed by atoms with Crippen LogP contribution in [0.25, 0.3) is 33.2 Å². The molecule has 0 fully saturated rings. The molecule has 1 N–H and O–H groups in total. The molecule has 4 nitrogen and oxygen atoms in total. The second-order valence-electron chi connectivity index (χ2n) is 6.76. The van der Waals surface area contributed by atoms with E-state index in [1.807, 2.05) is 78.9 Å². The number of anilines is 1. The van der Waals surface area contributed by atoms with E-state index in [0.29, 0.717) is 32.6 Å². The highest BCUT2D eigenvalue weighted by Crippen LogP contribution is 2.25. The van der Waals surface area contributed by atoms with E-state index in [-0.39, 0.29) is 0 Å². The largest absolute Gasteiger partial charge is 0.456 e. The highest BCUT2D eigenvalue weighted by Gasteiger charge is 2.07. The summed E-state index contributed by atoms with van der Waals surface area (Å²) in [5, 5.41) is 8.44. The lowest BCUT2D eigenvalue weighted by atomic mass is 10.1. The summed E-state index contributed by atoms with van der Waals surface area (Å²) in [6.07, 6.45) is 0. The molecule has 30 heavy (non-hydrogen) atoms. The summed E-state index contributed by atoms with van der Waals surface area (Å²) in [5.41, 5.74) is 5.54. The van der Waals surface area contributed by atoms with E-state index in [2.05, 4.69) is 15.5 Å². The maximum atomic E-state index is 6.22. The van der Waals surface area contributed by atoms with Gasteiger partial charge in [-0.25, -0.2) is 4.98 Å². The van der Waals surface area contributed by atoms with Gasteiger partial charge in [-0.1, -0.05) is 41.4 Å². The van der Waals surface area contributed by atoms with Gasteiger partial charge >= 0.3 is 0 Å². The molecule has 0 bridgehead atoms. The zero-order valence-corrected chi connectivity index (χ0v) is 17.2. The van der Waals surface area contributed by atoms with Gasteiger partial charge in [-0.05, 0) is 60.7 Å². The third-order valence-corrected chi connectivity index (χ3v) is 5.21. The van der Waals surface area contributed by atoms with E-state index in [1.165, 1.54) is 0 Å². The van der Waals surface area contributed by atoms with Crippen molar-refractivity contribution in [3.8, 4) is 11.3 Å². The number of halogens is 2. The van der Waals surface area contributed by atoms with Crippen molar-refractivity contribution in [2.75, 3.05) is 5.43 Å². The minimum atomic E-state index is 0.609. The molecular weight excluding hydrogens is 417 g/mol. The van der Waals surface area contributed by atoms with Crippen LogP contribution in [0.5, 0.6) is 0 Å². The SMILES string of the molecule is Clc1ccc(-c2c/c(=N\Nc3ccc4ccccc4n3)c3cc(Cl)ccc3o2)cc1. The first-order valence-electron chi connectivity index (χ1n) is 9.31. The zero-order valence-electron chi connectivity index (χ0n) is 15.6. The Labute approximate surface area is 182 Å². The first-order chi connectivity index (χ1) is 14.7. The maximum Gasteiger partial charge on any atom is 0.146 e. The number of fused-ring (bicyclic) bond motifs is 2. The third-order valence-electron chi connectivity index (χ3n) is 4.72. The van der Waals surface area contributed by atoms with Crippen molar-refractivity contribution in [1.29, 1.82) is 0 Å². The molecule has 5 rings (SSSR count). The fourth-order valence-electron chi connectivity index (χ4n) is 3.24. The molecule has 5 aromatic rings. The Morgan fingerprint density at radius 3 is 2.47 bits per heavy atom. The van der Waals surface area contributed by atoms with E-state index in [9.17, 15) is 0 Å². The number of rotatable bonds is 3. The molecule has 0 saturated carbocycles. The van der Waals surface area contributed by atoms with Crippen LogP contribution in [0.1, 0.15) is 0 Å². The Balaban J connectivity index is 1.63. The van der Waals surface area contributed by atoms with Crippen molar-refractivity contribution < 1.29 is 4.42 Å². The van der Waals surface area contributed by atoms with Crippen molar-refractivity contribution in [2.45, 2.75) is 0 Å². The molecule has 0 aliphatic heterocycles. The first-order valence-corrected chi connectivity index (χ1v) is 10.1. The van der Waals surface area contributed by atoms with Crippen LogP contribution in [-0.4, -0.2) is 4.98 Å². The number of hydrogen-bond acceptors (Lipinski definition) is 4. The molecule has 0 atom stereocenters. The van der Waals surface area contributed by atoms with Crippen LogP contribution >= 0.6 is 23.2 Å². The van der Waals surface area contributed by atoms with E-state index < -0.39 is 0 Å². The lowest BCUT2D eigenvalue weighted by Crippen LogP contribution is -2.08. The van der Waals surface area contributed by atoms with Crippen molar-refractivity contribution in [3.05, 3.63) is 100 Å². The summed E-state index contributed by atoms with van der Waals surface area (Å²) in [5.74, 6) is 1.33. The Morgan fingerprint density at radius 1 is 0.800 bits per heavy atom. The molecule has 0 amide bonds. The first kappa shape index (κ1) is 18.7. The number of nitrogens with zero attached hydrogens (tertiary/aromatic N) is 2. The van der Waals surface area contributed by atoms with Crippen LogP contribution in [0.4, 0.5) is 5.82 Å². The summed E-state index contributed by atoms with van der Waals surface area (Å²) in [7, 11) is 0. The minimum Gasteiger partial charge on any atom is -0.456 e. The molecule has 0 spiro atoms. The van der Waals surface area contributed by atoms with Crippen LogP contribution in [0.15, 0.2) is 94.4 Å².